The Bertz CT molecular complexity index is 777. The van der Waals surface area contributed by atoms with Crippen LogP contribution in [0.25, 0.3) is 6.08 Å². The van der Waals surface area contributed by atoms with E-state index in [9.17, 15) is 14.9 Å². The SMILES string of the molecule is Cc1cc(/C=C(\C#N)C(=O)O[C@H](C)C(=O)NC2CC2)c(C)n1C1CC1. The molecule has 1 amide bonds. The van der Waals surface area contributed by atoms with Crippen LogP contribution in [-0.4, -0.2) is 28.6 Å². The predicted octanol–water partition coefficient (Wildman–Crippen LogP) is 2.56. The van der Waals surface area contributed by atoms with Crippen molar-refractivity contribution in [2.75, 3.05) is 0 Å². The molecule has 2 fully saturated rings. The summed E-state index contributed by atoms with van der Waals surface area (Å²) in [5.74, 6) is -1.09. The van der Waals surface area contributed by atoms with Gasteiger partial charge < -0.3 is 14.6 Å². The predicted molar refractivity (Wildman–Crippen MR) is 92.5 cm³/mol. The number of rotatable bonds is 6. The van der Waals surface area contributed by atoms with Crippen molar-refractivity contribution < 1.29 is 14.3 Å². The zero-order valence-electron chi connectivity index (χ0n) is 14.8. The molecule has 25 heavy (non-hydrogen) atoms. The standard InChI is InChI=1S/C19H23N3O3/c1-11-8-14(12(2)22(11)17-6-7-17)9-15(10-20)19(24)25-13(3)18(23)21-16-4-5-16/h8-9,13,16-17H,4-7H2,1-3H3,(H,21,23)/b15-9+/t13-/m1/s1. The number of esters is 1. The van der Waals surface area contributed by atoms with Crippen LogP contribution in [0.1, 0.15) is 55.6 Å². The van der Waals surface area contributed by atoms with Crippen LogP contribution in [0.15, 0.2) is 11.6 Å². The molecule has 132 valence electrons. The van der Waals surface area contributed by atoms with E-state index in [-0.39, 0.29) is 17.5 Å². The summed E-state index contributed by atoms with van der Waals surface area (Å²) >= 11 is 0. The monoisotopic (exact) mass is 341 g/mol. The van der Waals surface area contributed by atoms with Crippen molar-refractivity contribution in [3.8, 4) is 6.07 Å². The quantitative estimate of drug-likeness (QED) is 0.489. The van der Waals surface area contributed by atoms with Gasteiger partial charge in [-0.1, -0.05) is 0 Å². The number of carbonyl (C=O) groups is 2. The molecular weight excluding hydrogens is 318 g/mol. The molecule has 1 atom stereocenters. The highest BCUT2D eigenvalue weighted by Gasteiger charge is 2.29. The molecule has 0 aliphatic heterocycles. The third-order valence-corrected chi connectivity index (χ3v) is 4.65. The second-order valence-electron chi connectivity index (χ2n) is 6.93. The smallest absolute Gasteiger partial charge is 0.349 e. The Morgan fingerprint density at radius 1 is 1.36 bits per heavy atom. The van der Waals surface area contributed by atoms with Gasteiger partial charge in [-0.15, -0.1) is 0 Å². The van der Waals surface area contributed by atoms with E-state index in [1.165, 1.54) is 19.8 Å². The highest BCUT2D eigenvalue weighted by Crippen LogP contribution is 2.38. The van der Waals surface area contributed by atoms with Crippen LogP contribution in [-0.2, 0) is 14.3 Å². The minimum Gasteiger partial charge on any atom is -0.448 e. The Morgan fingerprint density at radius 2 is 2.04 bits per heavy atom. The average Bonchev–Trinajstić information content (AvgIpc) is 3.47. The first-order valence-electron chi connectivity index (χ1n) is 8.72. The molecule has 0 unspecified atom stereocenters. The summed E-state index contributed by atoms with van der Waals surface area (Å²) in [7, 11) is 0. The van der Waals surface area contributed by atoms with E-state index < -0.39 is 12.1 Å². The third kappa shape index (κ3) is 3.93. The molecule has 0 spiro atoms. The van der Waals surface area contributed by atoms with Crippen molar-refractivity contribution in [1.29, 1.82) is 5.26 Å². The molecule has 1 aromatic rings. The van der Waals surface area contributed by atoms with Gasteiger partial charge >= 0.3 is 5.97 Å². The molecule has 1 N–H and O–H groups in total. The maximum absolute atomic E-state index is 12.2. The van der Waals surface area contributed by atoms with Crippen molar-refractivity contribution in [3.05, 3.63) is 28.6 Å². The molecule has 2 aliphatic rings. The first kappa shape index (κ1) is 17.3. The van der Waals surface area contributed by atoms with Crippen molar-refractivity contribution in [3.63, 3.8) is 0 Å². The molecule has 3 rings (SSSR count). The highest BCUT2D eigenvalue weighted by molar-refractivity contribution is 5.99. The van der Waals surface area contributed by atoms with Crippen molar-refractivity contribution in [2.24, 2.45) is 0 Å². The molecule has 2 saturated carbocycles. The van der Waals surface area contributed by atoms with E-state index in [0.717, 1.165) is 29.8 Å². The fourth-order valence-corrected chi connectivity index (χ4v) is 2.96. The van der Waals surface area contributed by atoms with Crippen LogP contribution in [0.4, 0.5) is 0 Å². The minimum atomic E-state index is -0.913. The number of ether oxygens (including phenoxy) is 1. The lowest BCUT2D eigenvalue weighted by Gasteiger charge is -2.12. The first-order valence-corrected chi connectivity index (χ1v) is 8.72. The summed E-state index contributed by atoms with van der Waals surface area (Å²) in [6.07, 6.45) is 4.90. The topological polar surface area (TPSA) is 84.1 Å². The summed E-state index contributed by atoms with van der Waals surface area (Å²) in [4.78, 5) is 24.1. The van der Waals surface area contributed by atoms with Gasteiger partial charge in [-0.25, -0.2) is 4.79 Å². The highest BCUT2D eigenvalue weighted by atomic mass is 16.5. The van der Waals surface area contributed by atoms with Crippen molar-refractivity contribution >= 4 is 18.0 Å². The fraction of sp³-hybridized carbons (Fsp3) is 0.526. The lowest BCUT2D eigenvalue weighted by molar-refractivity contribution is -0.150. The van der Waals surface area contributed by atoms with Gasteiger partial charge in [-0.3, -0.25) is 4.79 Å². The number of amides is 1. The molecule has 0 radical (unpaired) electrons. The van der Waals surface area contributed by atoms with Gasteiger partial charge in [-0.2, -0.15) is 5.26 Å². The van der Waals surface area contributed by atoms with Crippen LogP contribution in [0.2, 0.25) is 0 Å². The summed E-state index contributed by atoms with van der Waals surface area (Å²) < 4.78 is 7.40. The van der Waals surface area contributed by atoms with E-state index in [0.29, 0.717) is 6.04 Å². The van der Waals surface area contributed by atoms with E-state index in [1.54, 1.807) is 6.08 Å². The van der Waals surface area contributed by atoms with Gasteiger partial charge in [0.1, 0.15) is 11.6 Å². The van der Waals surface area contributed by atoms with E-state index >= 15 is 0 Å². The number of nitrogens with one attached hydrogen (secondary N) is 1. The number of aromatic nitrogens is 1. The minimum absolute atomic E-state index is 0.0953. The summed E-state index contributed by atoms with van der Waals surface area (Å²) in [6, 6.07) is 4.60. The first-order chi connectivity index (χ1) is 11.9. The summed E-state index contributed by atoms with van der Waals surface area (Å²) in [6.45, 7) is 5.53. The number of nitrogens with zero attached hydrogens (tertiary/aromatic N) is 2. The lowest BCUT2D eigenvalue weighted by atomic mass is 10.1. The van der Waals surface area contributed by atoms with E-state index in [2.05, 4.69) is 9.88 Å². The largest absolute Gasteiger partial charge is 0.448 e. The van der Waals surface area contributed by atoms with E-state index in [1.807, 2.05) is 26.0 Å². The lowest BCUT2D eigenvalue weighted by Crippen LogP contribution is -2.37. The van der Waals surface area contributed by atoms with Gasteiger partial charge in [0.25, 0.3) is 5.91 Å². The number of carbonyl (C=O) groups excluding carboxylic acids is 2. The Morgan fingerprint density at radius 3 is 2.60 bits per heavy atom. The number of nitriles is 1. The van der Waals surface area contributed by atoms with Crippen LogP contribution in [0, 0.1) is 25.2 Å². The zero-order chi connectivity index (χ0) is 18.1. The fourth-order valence-electron chi connectivity index (χ4n) is 2.96. The van der Waals surface area contributed by atoms with Gasteiger partial charge in [0.05, 0.1) is 0 Å². The van der Waals surface area contributed by atoms with Gasteiger partial charge in [0, 0.05) is 23.5 Å². The maximum Gasteiger partial charge on any atom is 0.349 e. The normalized spacial score (nSPS) is 18.4. The Kier molecular flexibility index (Phi) is 4.67. The van der Waals surface area contributed by atoms with Crippen LogP contribution in [0.5, 0.6) is 0 Å². The summed E-state index contributed by atoms with van der Waals surface area (Å²) in [5.41, 5.74) is 2.91. The summed E-state index contributed by atoms with van der Waals surface area (Å²) in [5, 5.41) is 12.1. The van der Waals surface area contributed by atoms with Gasteiger partial charge in [0.2, 0.25) is 0 Å². The zero-order valence-corrected chi connectivity index (χ0v) is 14.8. The molecule has 2 aliphatic carbocycles. The third-order valence-electron chi connectivity index (χ3n) is 4.65. The second-order valence-corrected chi connectivity index (χ2v) is 6.93. The second kappa shape index (κ2) is 6.75. The molecule has 0 aromatic carbocycles. The molecular formula is C19H23N3O3. The van der Waals surface area contributed by atoms with Crippen LogP contribution < -0.4 is 5.32 Å². The molecule has 0 saturated heterocycles. The Hall–Kier alpha value is -2.55. The Labute approximate surface area is 147 Å². The molecule has 6 nitrogen and oxygen atoms in total. The molecule has 1 aromatic heterocycles. The number of hydrogen-bond acceptors (Lipinski definition) is 4. The van der Waals surface area contributed by atoms with Gasteiger partial charge in [0.15, 0.2) is 6.10 Å². The average molecular weight is 341 g/mol. The molecule has 1 heterocycles. The maximum atomic E-state index is 12.2. The molecule has 0 bridgehead atoms. The Balaban J connectivity index is 1.71. The molecule has 6 heteroatoms. The van der Waals surface area contributed by atoms with E-state index in [4.69, 9.17) is 4.74 Å². The van der Waals surface area contributed by atoms with Gasteiger partial charge in [-0.05, 0) is 64.2 Å². The van der Waals surface area contributed by atoms with Crippen LogP contribution >= 0.6 is 0 Å². The van der Waals surface area contributed by atoms with Crippen molar-refractivity contribution in [2.45, 2.75) is 64.6 Å². The van der Waals surface area contributed by atoms with Crippen LogP contribution in [0.3, 0.4) is 0 Å². The van der Waals surface area contributed by atoms with Crippen molar-refractivity contribution in [1.82, 2.24) is 9.88 Å². The number of aryl methyl sites for hydroxylation is 1. The number of hydrogen-bond donors (Lipinski definition) is 1.